The van der Waals surface area contributed by atoms with Crippen molar-refractivity contribution in [3.63, 3.8) is 0 Å². The molecule has 2 atom stereocenters. The Kier molecular flexibility index (Phi) is 6.23. The van der Waals surface area contributed by atoms with E-state index in [1.165, 1.54) is 0 Å². The van der Waals surface area contributed by atoms with Gasteiger partial charge in [-0.05, 0) is 36.4 Å². The third-order valence-corrected chi connectivity index (χ3v) is 8.15. The molecule has 0 amide bonds. The molecule has 16 heavy (non-hydrogen) atoms. The summed E-state index contributed by atoms with van der Waals surface area (Å²) in [6, 6.07) is 0. The Labute approximate surface area is 103 Å². The minimum absolute atomic E-state index is 0.282. The maximum Gasteiger partial charge on any atom is 0.191 e. The van der Waals surface area contributed by atoms with Gasteiger partial charge in [-0.25, -0.2) is 0 Å². The molecule has 0 aromatic carbocycles. The fourth-order valence-electron chi connectivity index (χ4n) is 1.40. The molecule has 0 heterocycles. The van der Waals surface area contributed by atoms with E-state index in [4.69, 9.17) is 9.53 Å². The summed E-state index contributed by atoms with van der Waals surface area (Å²) in [5.41, 5.74) is 0. The van der Waals surface area contributed by atoms with Crippen LogP contribution in [0.1, 0.15) is 41.0 Å². The zero-order valence-electron chi connectivity index (χ0n) is 12.1. The lowest BCUT2D eigenvalue weighted by Crippen LogP contribution is -2.41. The van der Waals surface area contributed by atoms with E-state index in [2.05, 4.69) is 47.7 Å². The maximum absolute atomic E-state index is 9.01. The third-order valence-electron chi connectivity index (χ3n) is 3.65. The molecule has 0 aromatic rings. The first kappa shape index (κ1) is 16.1. The Balaban J connectivity index is 4.05. The lowest BCUT2D eigenvalue weighted by atomic mass is 9.99. The number of aliphatic hydroxyl groups excluding tert-OH is 1. The Morgan fingerprint density at radius 2 is 1.62 bits per heavy atom. The van der Waals surface area contributed by atoms with Crippen molar-refractivity contribution in [2.75, 3.05) is 13.2 Å². The minimum atomic E-state index is -1.59. The molecule has 0 fully saturated rings. The first-order valence-electron chi connectivity index (χ1n) is 6.35. The second-order valence-electron chi connectivity index (χ2n) is 6.70. The fourth-order valence-corrected chi connectivity index (χ4v) is 2.53. The Morgan fingerprint density at radius 3 is 2.00 bits per heavy atom. The van der Waals surface area contributed by atoms with Gasteiger partial charge in [0.05, 0.1) is 0 Å². The highest BCUT2D eigenvalue weighted by Crippen LogP contribution is 2.36. The average Bonchev–Trinajstić information content (AvgIpc) is 2.13. The van der Waals surface area contributed by atoms with E-state index in [-0.39, 0.29) is 11.6 Å². The van der Waals surface area contributed by atoms with Gasteiger partial charge in [-0.15, -0.1) is 0 Å². The van der Waals surface area contributed by atoms with Gasteiger partial charge in [-0.1, -0.05) is 34.6 Å². The summed E-state index contributed by atoms with van der Waals surface area (Å²) in [5.74, 6) is 0.925. The van der Waals surface area contributed by atoms with Crippen LogP contribution in [0.5, 0.6) is 0 Å². The molecule has 0 spiro atoms. The zero-order chi connectivity index (χ0) is 13.0. The van der Waals surface area contributed by atoms with Crippen molar-refractivity contribution in [1.82, 2.24) is 0 Å². The molecule has 0 aromatic heterocycles. The largest absolute Gasteiger partial charge is 0.417 e. The number of aliphatic hydroxyl groups is 1. The molecular formula is C13H30O2Si. The van der Waals surface area contributed by atoms with E-state index < -0.39 is 8.32 Å². The molecule has 0 bridgehead atoms. The molecule has 0 saturated carbocycles. The fraction of sp³-hybridized carbons (Fsp3) is 1.00. The summed E-state index contributed by atoms with van der Waals surface area (Å²) in [5, 5.41) is 9.30. The van der Waals surface area contributed by atoms with Crippen LogP contribution in [0, 0.1) is 11.8 Å². The van der Waals surface area contributed by atoms with Crippen molar-refractivity contribution in [1.29, 1.82) is 0 Å². The lowest BCUT2D eigenvalue weighted by molar-refractivity contribution is 0.179. The van der Waals surface area contributed by atoms with Crippen molar-refractivity contribution in [2.24, 2.45) is 11.8 Å². The van der Waals surface area contributed by atoms with Crippen LogP contribution in [0.4, 0.5) is 0 Å². The molecule has 0 aliphatic carbocycles. The quantitative estimate of drug-likeness (QED) is 0.725. The Morgan fingerprint density at radius 1 is 1.12 bits per heavy atom. The van der Waals surface area contributed by atoms with E-state index in [1.807, 2.05) is 0 Å². The van der Waals surface area contributed by atoms with Crippen LogP contribution in [-0.4, -0.2) is 26.6 Å². The molecule has 1 N–H and O–H groups in total. The van der Waals surface area contributed by atoms with E-state index in [0.717, 1.165) is 13.0 Å². The van der Waals surface area contributed by atoms with Gasteiger partial charge in [0.25, 0.3) is 0 Å². The normalized spacial score (nSPS) is 17.2. The Bertz CT molecular complexity index is 197. The lowest BCUT2D eigenvalue weighted by Gasteiger charge is -2.37. The van der Waals surface area contributed by atoms with E-state index in [1.54, 1.807) is 0 Å². The molecule has 0 unspecified atom stereocenters. The summed E-state index contributed by atoms with van der Waals surface area (Å²) < 4.78 is 6.16. The maximum atomic E-state index is 9.01. The first-order valence-corrected chi connectivity index (χ1v) is 9.25. The third kappa shape index (κ3) is 5.46. The number of hydrogen-bond donors (Lipinski definition) is 1. The molecule has 0 rings (SSSR count). The standard InChI is InChI=1S/C13H30O2Si/c1-11(9-14)8-12(2)10-15-16(6,7)13(3,4)5/h11-12,14H,8-10H2,1-7H3/t11-,12+/m0/s1. The van der Waals surface area contributed by atoms with Crippen molar-refractivity contribution >= 4 is 8.32 Å². The molecule has 0 aliphatic heterocycles. The van der Waals surface area contributed by atoms with Crippen molar-refractivity contribution in [3.8, 4) is 0 Å². The highest BCUT2D eigenvalue weighted by molar-refractivity contribution is 6.74. The van der Waals surface area contributed by atoms with E-state index in [9.17, 15) is 0 Å². The van der Waals surface area contributed by atoms with Gasteiger partial charge in [0.2, 0.25) is 0 Å². The summed E-state index contributed by atoms with van der Waals surface area (Å²) in [7, 11) is -1.59. The van der Waals surface area contributed by atoms with Gasteiger partial charge < -0.3 is 9.53 Å². The second kappa shape index (κ2) is 6.17. The monoisotopic (exact) mass is 246 g/mol. The van der Waals surface area contributed by atoms with Gasteiger partial charge in [0.15, 0.2) is 8.32 Å². The van der Waals surface area contributed by atoms with Crippen molar-refractivity contribution in [2.45, 2.75) is 59.2 Å². The second-order valence-corrected chi connectivity index (χ2v) is 11.5. The van der Waals surface area contributed by atoms with Crippen LogP contribution >= 0.6 is 0 Å². The molecule has 0 radical (unpaired) electrons. The van der Waals surface area contributed by atoms with Crippen LogP contribution in [-0.2, 0) is 4.43 Å². The van der Waals surface area contributed by atoms with Gasteiger partial charge in [0.1, 0.15) is 0 Å². The summed E-state index contributed by atoms with van der Waals surface area (Å²) >= 11 is 0. The minimum Gasteiger partial charge on any atom is -0.417 e. The molecule has 2 nitrogen and oxygen atoms in total. The topological polar surface area (TPSA) is 29.5 Å². The Hall–Kier alpha value is 0.137. The first-order chi connectivity index (χ1) is 7.10. The van der Waals surface area contributed by atoms with E-state index >= 15 is 0 Å². The molecule has 3 heteroatoms. The van der Waals surface area contributed by atoms with Crippen LogP contribution in [0.2, 0.25) is 18.1 Å². The zero-order valence-corrected chi connectivity index (χ0v) is 13.1. The number of hydrogen-bond acceptors (Lipinski definition) is 2. The van der Waals surface area contributed by atoms with Crippen LogP contribution < -0.4 is 0 Å². The van der Waals surface area contributed by atoms with Crippen molar-refractivity contribution < 1.29 is 9.53 Å². The average molecular weight is 246 g/mol. The molecule has 0 saturated heterocycles. The highest BCUT2D eigenvalue weighted by atomic mass is 28.4. The van der Waals surface area contributed by atoms with Gasteiger partial charge in [-0.3, -0.25) is 0 Å². The predicted molar refractivity (Wildman–Crippen MR) is 73.2 cm³/mol. The van der Waals surface area contributed by atoms with Crippen LogP contribution in [0.15, 0.2) is 0 Å². The van der Waals surface area contributed by atoms with Crippen molar-refractivity contribution in [3.05, 3.63) is 0 Å². The molecule has 0 aliphatic rings. The summed E-state index contributed by atoms with van der Waals surface area (Å²) in [4.78, 5) is 0. The van der Waals surface area contributed by atoms with E-state index in [0.29, 0.717) is 11.8 Å². The summed E-state index contributed by atoms with van der Waals surface area (Å²) in [6.45, 7) is 16.8. The molecule has 98 valence electrons. The van der Waals surface area contributed by atoms with Gasteiger partial charge in [-0.2, -0.15) is 0 Å². The SMILES string of the molecule is C[C@H](CO)C[C@@H](C)CO[Si](C)(C)C(C)(C)C. The van der Waals surface area contributed by atoms with Gasteiger partial charge >= 0.3 is 0 Å². The predicted octanol–water partition coefficient (Wildman–Crippen LogP) is 3.66. The number of rotatable bonds is 6. The van der Waals surface area contributed by atoms with Crippen LogP contribution in [0.3, 0.4) is 0 Å². The highest BCUT2D eigenvalue weighted by Gasteiger charge is 2.37. The smallest absolute Gasteiger partial charge is 0.191 e. The van der Waals surface area contributed by atoms with Crippen LogP contribution in [0.25, 0.3) is 0 Å². The van der Waals surface area contributed by atoms with Gasteiger partial charge in [0, 0.05) is 13.2 Å². The molecular weight excluding hydrogens is 216 g/mol. The summed E-state index contributed by atoms with van der Waals surface area (Å²) in [6.07, 6.45) is 1.05.